The zero-order valence-electron chi connectivity index (χ0n) is 19.9. The van der Waals surface area contributed by atoms with E-state index in [2.05, 4.69) is 9.97 Å². The summed E-state index contributed by atoms with van der Waals surface area (Å²) in [4.78, 5) is 22.2. The minimum atomic E-state index is -0.691. The van der Waals surface area contributed by atoms with E-state index in [1.807, 2.05) is 0 Å². The van der Waals surface area contributed by atoms with Crippen LogP contribution in [0.15, 0.2) is 82.3 Å². The maximum absolute atomic E-state index is 14.3. The van der Waals surface area contributed by atoms with Crippen molar-refractivity contribution in [1.29, 1.82) is 0 Å². The van der Waals surface area contributed by atoms with Gasteiger partial charge in [0.25, 0.3) is 0 Å². The van der Waals surface area contributed by atoms with Crippen molar-refractivity contribution in [2.45, 2.75) is 13.0 Å². The molecule has 0 fully saturated rings. The number of para-hydroxylation sites is 1. The van der Waals surface area contributed by atoms with Gasteiger partial charge in [-0.1, -0.05) is 35.9 Å². The molecule has 6 rings (SSSR count). The summed E-state index contributed by atoms with van der Waals surface area (Å²) in [6.07, 6.45) is 1.31. The van der Waals surface area contributed by atoms with E-state index in [1.165, 1.54) is 36.7 Å². The second-order valence-electron chi connectivity index (χ2n) is 8.80. The molecule has 3 heterocycles. The molecule has 0 saturated heterocycles. The normalized spacial score (nSPS) is 12.3. The molecule has 1 unspecified atom stereocenters. The van der Waals surface area contributed by atoms with Crippen LogP contribution >= 0.6 is 11.6 Å². The standard InChI is InChI=1S/C28H19ClFN5O3/c1-14(26-22(15-5-4-6-18(30)10-15)25(37)20-7-2-3-8-21(20)38-26)35-28-23(27(31)32-13-33-28)24(34-35)16-9-17(29)12-19(36)11-16/h2-14,36H,1H3,(H2,31,32,33). The van der Waals surface area contributed by atoms with Gasteiger partial charge >= 0.3 is 0 Å². The van der Waals surface area contributed by atoms with Crippen molar-refractivity contribution >= 4 is 39.4 Å². The van der Waals surface area contributed by atoms with Crippen LogP contribution in [0.2, 0.25) is 5.02 Å². The molecule has 38 heavy (non-hydrogen) atoms. The maximum atomic E-state index is 14.3. The fraction of sp³-hybridized carbons (Fsp3) is 0.0714. The lowest BCUT2D eigenvalue weighted by molar-refractivity contribution is 0.445. The van der Waals surface area contributed by atoms with Crippen LogP contribution < -0.4 is 11.2 Å². The largest absolute Gasteiger partial charge is 0.508 e. The Morgan fingerprint density at radius 1 is 1.05 bits per heavy atom. The molecular formula is C28H19ClFN5O3. The van der Waals surface area contributed by atoms with Gasteiger partial charge in [-0.2, -0.15) is 5.10 Å². The predicted octanol–water partition coefficient (Wildman–Crippen LogP) is 5.96. The minimum absolute atomic E-state index is 0.0485. The first kappa shape index (κ1) is 23.6. The van der Waals surface area contributed by atoms with E-state index in [4.69, 9.17) is 26.9 Å². The molecule has 0 radical (unpaired) electrons. The molecule has 0 spiro atoms. The summed E-state index contributed by atoms with van der Waals surface area (Å²) in [5.74, 6) is -0.0936. The van der Waals surface area contributed by atoms with Crippen LogP contribution in [0, 0.1) is 5.82 Å². The van der Waals surface area contributed by atoms with Crippen LogP contribution in [0.25, 0.3) is 44.4 Å². The number of nitrogens with zero attached hydrogens (tertiary/aromatic N) is 4. The molecule has 0 aliphatic rings. The van der Waals surface area contributed by atoms with Gasteiger partial charge in [0.15, 0.2) is 5.65 Å². The molecule has 0 bridgehead atoms. The van der Waals surface area contributed by atoms with E-state index in [0.29, 0.717) is 43.8 Å². The highest BCUT2D eigenvalue weighted by Gasteiger charge is 2.27. The van der Waals surface area contributed by atoms with E-state index >= 15 is 0 Å². The number of aromatic nitrogens is 4. The number of fused-ring (bicyclic) bond motifs is 2. The highest BCUT2D eigenvalue weighted by molar-refractivity contribution is 6.31. The Kier molecular flexibility index (Phi) is 5.57. The molecule has 0 amide bonds. The van der Waals surface area contributed by atoms with Crippen LogP contribution in [-0.4, -0.2) is 24.9 Å². The highest BCUT2D eigenvalue weighted by Crippen LogP contribution is 2.37. The molecule has 0 saturated carbocycles. The Morgan fingerprint density at radius 3 is 2.66 bits per heavy atom. The summed E-state index contributed by atoms with van der Waals surface area (Å²) in [5, 5.41) is 16.0. The molecule has 1 atom stereocenters. The third-order valence-corrected chi connectivity index (χ3v) is 6.58. The Hall–Kier alpha value is -4.76. The lowest BCUT2D eigenvalue weighted by Gasteiger charge is -2.17. The third-order valence-electron chi connectivity index (χ3n) is 6.36. The Balaban J connectivity index is 1.65. The van der Waals surface area contributed by atoms with Gasteiger partial charge in [-0.05, 0) is 55.0 Å². The molecule has 3 aromatic heterocycles. The fourth-order valence-corrected chi connectivity index (χ4v) is 4.89. The van der Waals surface area contributed by atoms with E-state index in [0.717, 1.165) is 0 Å². The number of aromatic hydroxyl groups is 1. The van der Waals surface area contributed by atoms with E-state index in [-0.39, 0.29) is 28.3 Å². The average molecular weight is 528 g/mol. The summed E-state index contributed by atoms with van der Waals surface area (Å²) in [6.45, 7) is 1.79. The van der Waals surface area contributed by atoms with Gasteiger partial charge < -0.3 is 15.3 Å². The van der Waals surface area contributed by atoms with Crippen LogP contribution in [-0.2, 0) is 0 Å². The van der Waals surface area contributed by atoms with Crippen molar-refractivity contribution in [2.24, 2.45) is 0 Å². The number of phenols is 1. The molecule has 188 valence electrons. The number of rotatable bonds is 4. The molecule has 0 aliphatic heterocycles. The first-order chi connectivity index (χ1) is 18.3. The molecule has 6 aromatic rings. The zero-order chi connectivity index (χ0) is 26.6. The van der Waals surface area contributed by atoms with Crippen molar-refractivity contribution in [1.82, 2.24) is 19.7 Å². The number of phenolic OH excluding ortho intramolecular Hbond substituents is 1. The summed E-state index contributed by atoms with van der Waals surface area (Å²) >= 11 is 6.19. The lowest BCUT2D eigenvalue weighted by atomic mass is 9.99. The van der Waals surface area contributed by atoms with Gasteiger partial charge in [0, 0.05) is 10.6 Å². The first-order valence-electron chi connectivity index (χ1n) is 11.6. The van der Waals surface area contributed by atoms with Gasteiger partial charge in [-0.25, -0.2) is 19.0 Å². The molecule has 3 aromatic carbocycles. The summed E-state index contributed by atoms with van der Waals surface area (Å²) in [5.41, 5.74) is 8.17. The van der Waals surface area contributed by atoms with E-state index in [1.54, 1.807) is 48.0 Å². The van der Waals surface area contributed by atoms with Gasteiger partial charge in [-0.3, -0.25) is 4.79 Å². The number of halogens is 2. The molecule has 3 N–H and O–H groups in total. The van der Waals surface area contributed by atoms with E-state index < -0.39 is 11.9 Å². The van der Waals surface area contributed by atoms with Crippen molar-refractivity contribution in [2.75, 3.05) is 5.73 Å². The third kappa shape index (κ3) is 3.84. The topological polar surface area (TPSA) is 120 Å². The number of hydrogen-bond donors (Lipinski definition) is 2. The lowest BCUT2D eigenvalue weighted by Crippen LogP contribution is -2.16. The number of hydrogen-bond acceptors (Lipinski definition) is 7. The minimum Gasteiger partial charge on any atom is -0.508 e. The van der Waals surface area contributed by atoms with Crippen molar-refractivity contribution < 1.29 is 13.9 Å². The number of benzene rings is 3. The number of anilines is 1. The van der Waals surface area contributed by atoms with Crippen LogP contribution in [0.4, 0.5) is 10.2 Å². The first-order valence-corrected chi connectivity index (χ1v) is 12.0. The molecule has 8 nitrogen and oxygen atoms in total. The summed E-state index contributed by atoms with van der Waals surface area (Å²) in [7, 11) is 0. The second-order valence-corrected chi connectivity index (χ2v) is 9.24. The quantitative estimate of drug-likeness (QED) is 0.290. The Bertz CT molecular complexity index is 1910. The average Bonchev–Trinajstić information content (AvgIpc) is 3.29. The van der Waals surface area contributed by atoms with Crippen LogP contribution in [0.5, 0.6) is 5.75 Å². The number of nitrogens with two attached hydrogens (primary N) is 1. The van der Waals surface area contributed by atoms with Gasteiger partial charge in [0.2, 0.25) is 5.43 Å². The summed E-state index contributed by atoms with van der Waals surface area (Å²) < 4.78 is 22.1. The monoisotopic (exact) mass is 527 g/mol. The van der Waals surface area contributed by atoms with Crippen LogP contribution in [0.3, 0.4) is 0 Å². The SMILES string of the molecule is CC(c1oc2ccccc2c(=O)c1-c1cccc(F)c1)n1nc(-c2cc(O)cc(Cl)c2)c2c(N)ncnc21. The van der Waals surface area contributed by atoms with Gasteiger partial charge in [0.05, 0.1) is 16.3 Å². The maximum Gasteiger partial charge on any atom is 0.200 e. The molecule has 0 aliphatic carbocycles. The predicted molar refractivity (Wildman–Crippen MR) is 144 cm³/mol. The van der Waals surface area contributed by atoms with Gasteiger partial charge in [-0.15, -0.1) is 0 Å². The van der Waals surface area contributed by atoms with Crippen molar-refractivity contribution in [3.05, 3.63) is 99.9 Å². The number of nitrogen functional groups attached to an aromatic ring is 1. The highest BCUT2D eigenvalue weighted by atomic mass is 35.5. The van der Waals surface area contributed by atoms with E-state index in [9.17, 15) is 14.3 Å². The van der Waals surface area contributed by atoms with Gasteiger partial charge in [0.1, 0.15) is 46.8 Å². The fourth-order valence-electron chi connectivity index (χ4n) is 4.66. The zero-order valence-corrected chi connectivity index (χ0v) is 20.6. The Labute approximate surface area is 219 Å². The Morgan fingerprint density at radius 2 is 1.87 bits per heavy atom. The second kappa shape index (κ2) is 8.97. The van der Waals surface area contributed by atoms with Crippen molar-refractivity contribution in [3.63, 3.8) is 0 Å². The molecule has 10 heteroatoms. The smallest absolute Gasteiger partial charge is 0.200 e. The summed E-state index contributed by atoms with van der Waals surface area (Å²) in [6, 6.07) is 16.5. The van der Waals surface area contributed by atoms with Crippen molar-refractivity contribution in [3.8, 4) is 28.1 Å². The molecular weight excluding hydrogens is 509 g/mol. The van der Waals surface area contributed by atoms with Crippen LogP contribution in [0.1, 0.15) is 18.7 Å².